The Morgan fingerprint density at radius 1 is 1.10 bits per heavy atom. The van der Waals surface area contributed by atoms with E-state index in [9.17, 15) is 0 Å². The van der Waals surface area contributed by atoms with E-state index in [1.54, 1.807) is 0 Å². The van der Waals surface area contributed by atoms with Gasteiger partial charge in [-0.3, -0.25) is 0 Å². The minimum absolute atomic E-state index is 0. The number of hydrogen-bond acceptors (Lipinski definition) is 2. The summed E-state index contributed by atoms with van der Waals surface area (Å²) in [6.45, 7) is 10.9. The van der Waals surface area contributed by atoms with Crippen LogP contribution < -0.4 is 10.6 Å². The molecule has 5 heteroatoms. The standard InChI is InChI=1S/C16H28N4.HI/c1-5-17-16(18-6-2)19-12-14-9-8-10-15(11-14)13-20(4)7-3;/h8-11H,5-7,12-13H2,1-4H3,(H2,17,18,19);1H. The molecule has 0 heterocycles. The van der Waals surface area contributed by atoms with E-state index in [-0.39, 0.29) is 24.0 Å². The Balaban J connectivity index is 0.00000400. The minimum atomic E-state index is 0. The average Bonchev–Trinajstić information content (AvgIpc) is 2.45. The highest BCUT2D eigenvalue weighted by atomic mass is 127. The van der Waals surface area contributed by atoms with E-state index in [4.69, 9.17) is 0 Å². The van der Waals surface area contributed by atoms with Crippen LogP contribution in [0.1, 0.15) is 31.9 Å². The maximum atomic E-state index is 4.59. The zero-order valence-corrected chi connectivity index (χ0v) is 16.0. The number of guanidine groups is 1. The molecule has 0 atom stereocenters. The van der Waals surface area contributed by atoms with Gasteiger partial charge in [-0.05, 0) is 38.6 Å². The predicted octanol–water partition coefficient (Wildman–Crippen LogP) is 2.83. The molecule has 0 aliphatic heterocycles. The normalized spacial score (nSPS) is 9.95. The Hall–Kier alpha value is -0.820. The molecule has 0 radical (unpaired) electrons. The van der Waals surface area contributed by atoms with Crippen LogP contribution in [-0.2, 0) is 13.1 Å². The summed E-state index contributed by atoms with van der Waals surface area (Å²) in [5.74, 6) is 0.881. The molecule has 0 aliphatic rings. The van der Waals surface area contributed by atoms with Crippen LogP contribution in [0, 0.1) is 0 Å². The lowest BCUT2D eigenvalue weighted by atomic mass is 10.1. The third-order valence-electron chi connectivity index (χ3n) is 3.09. The highest BCUT2D eigenvalue weighted by molar-refractivity contribution is 14.0. The summed E-state index contributed by atoms with van der Waals surface area (Å²) in [4.78, 5) is 6.89. The highest BCUT2D eigenvalue weighted by Gasteiger charge is 2.00. The van der Waals surface area contributed by atoms with Gasteiger partial charge in [0.2, 0.25) is 0 Å². The molecule has 2 N–H and O–H groups in total. The molecule has 0 saturated carbocycles. The van der Waals surface area contributed by atoms with Crippen molar-refractivity contribution >= 4 is 29.9 Å². The van der Waals surface area contributed by atoms with Gasteiger partial charge in [-0.2, -0.15) is 0 Å². The summed E-state index contributed by atoms with van der Waals surface area (Å²) in [6.07, 6.45) is 0. The quantitative estimate of drug-likeness (QED) is 0.417. The van der Waals surface area contributed by atoms with Crippen LogP contribution in [0.5, 0.6) is 0 Å². The topological polar surface area (TPSA) is 39.7 Å². The first-order chi connectivity index (χ1) is 9.69. The van der Waals surface area contributed by atoms with Crippen molar-refractivity contribution in [2.75, 3.05) is 26.7 Å². The summed E-state index contributed by atoms with van der Waals surface area (Å²) >= 11 is 0. The van der Waals surface area contributed by atoms with E-state index in [1.807, 2.05) is 0 Å². The van der Waals surface area contributed by atoms with E-state index < -0.39 is 0 Å². The fraction of sp³-hybridized carbons (Fsp3) is 0.562. The molecule has 0 fully saturated rings. The molecule has 0 aliphatic carbocycles. The second-order valence-corrected chi connectivity index (χ2v) is 4.88. The molecule has 0 saturated heterocycles. The molecule has 0 aromatic heterocycles. The molecular weight excluding hydrogens is 375 g/mol. The number of hydrogen-bond donors (Lipinski definition) is 2. The number of benzene rings is 1. The molecule has 0 spiro atoms. The summed E-state index contributed by atoms with van der Waals surface area (Å²) < 4.78 is 0. The molecule has 1 rings (SSSR count). The summed E-state index contributed by atoms with van der Waals surface area (Å²) in [5, 5.41) is 6.48. The van der Waals surface area contributed by atoms with Crippen molar-refractivity contribution < 1.29 is 0 Å². The molecule has 0 amide bonds. The van der Waals surface area contributed by atoms with Crippen molar-refractivity contribution in [3.05, 3.63) is 35.4 Å². The maximum Gasteiger partial charge on any atom is 0.191 e. The SMILES string of the molecule is CCNC(=NCc1cccc(CN(C)CC)c1)NCC.I. The Kier molecular flexibility index (Phi) is 11.3. The number of nitrogens with zero attached hydrogens (tertiary/aromatic N) is 2. The molecule has 21 heavy (non-hydrogen) atoms. The minimum Gasteiger partial charge on any atom is -0.357 e. The van der Waals surface area contributed by atoms with Gasteiger partial charge in [0.25, 0.3) is 0 Å². The van der Waals surface area contributed by atoms with Crippen molar-refractivity contribution in [2.45, 2.75) is 33.9 Å². The average molecular weight is 404 g/mol. The van der Waals surface area contributed by atoms with Crippen molar-refractivity contribution in [1.82, 2.24) is 15.5 Å². The van der Waals surface area contributed by atoms with Gasteiger partial charge in [0, 0.05) is 19.6 Å². The van der Waals surface area contributed by atoms with Crippen molar-refractivity contribution in [2.24, 2.45) is 4.99 Å². The van der Waals surface area contributed by atoms with E-state index in [0.717, 1.165) is 32.1 Å². The fourth-order valence-corrected chi connectivity index (χ4v) is 1.93. The number of halogens is 1. The molecule has 120 valence electrons. The Bertz CT molecular complexity index is 412. The molecule has 0 unspecified atom stereocenters. The van der Waals surface area contributed by atoms with Gasteiger partial charge < -0.3 is 15.5 Å². The highest BCUT2D eigenvalue weighted by Crippen LogP contribution is 2.08. The maximum absolute atomic E-state index is 4.59. The second-order valence-electron chi connectivity index (χ2n) is 4.88. The van der Waals surface area contributed by atoms with Gasteiger partial charge in [0.05, 0.1) is 6.54 Å². The third-order valence-corrected chi connectivity index (χ3v) is 3.09. The molecular formula is C16H29IN4. The van der Waals surface area contributed by atoms with E-state index in [1.165, 1.54) is 11.1 Å². The zero-order valence-electron chi connectivity index (χ0n) is 13.6. The summed E-state index contributed by atoms with van der Waals surface area (Å²) in [5.41, 5.74) is 2.59. The van der Waals surface area contributed by atoms with E-state index >= 15 is 0 Å². The Morgan fingerprint density at radius 2 is 1.71 bits per heavy atom. The Labute approximate surface area is 146 Å². The summed E-state index contributed by atoms with van der Waals surface area (Å²) in [6, 6.07) is 8.67. The molecule has 1 aromatic rings. The number of nitrogens with one attached hydrogen (secondary N) is 2. The van der Waals surface area contributed by atoms with Crippen LogP contribution in [0.25, 0.3) is 0 Å². The van der Waals surface area contributed by atoms with Gasteiger partial charge >= 0.3 is 0 Å². The van der Waals surface area contributed by atoms with Gasteiger partial charge in [0.15, 0.2) is 5.96 Å². The van der Waals surface area contributed by atoms with Gasteiger partial charge in [-0.25, -0.2) is 4.99 Å². The smallest absolute Gasteiger partial charge is 0.191 e. The molecule has 1 aromatic carbocycles. The van der Waals surface area contributed by atoms with Gasteiger partial charge in [0.1, 0.15) is 0 Å². The predicted molar refractivity (Wildman–Crippen MR) is 102 cm³/mol. The third kappa shape index (κ3) is 8.26. The largest absolute Gasteiger partial charge is 0.357 e. The number of rotatable bonds is 7. The van der Waals surface area contributed by atoms with Crippen LogP contribution in [0.2, 0.25) is 0 Å². The first-order valence-corrected chi connectivity index (χ1v) is 7.48. The monoisotopic (exact) mass is 404 g/mol. The van der Waals surface area contributed by atoms with Crippen molar-refractivity contribution in [3.63, 3.8) is 0 Å². The van der Waals surface area contributed by atoms with Gasteiger partial charge in [-0.15, -0.1) is 24.0 Å². The first-order valence-electron chi connectivity index (χ1n) is 7.48. The second kappa shape index (κ2) is 11.8. The molecule has 0 bridgehead atoms. The lowest BCUT2D eigenvalue weighted by molar-refractivity contribution is 0.345. The van der Waals surface area contributed by atoms with Crippen LogP contribution in [0.15, 0.2) is 29.3 Å². The van der Waals surface area contributed by atoms with Gasteiger partial charge in [-0.1, -0.05) is 31.2 Å². The zero-order chi connectivity index (χ0) is 14.8. The fourth-order valence-electron chi connectivity index (χ4n) is 1.93. The van der Waals surface area contributed by atoms with Crippen molar-refractivity contribution in [1.29, 1.82) is 0 Å². The van der Waals surface area contributed by atoms with E-state index in [2.05, 4.69) is 72.6 Å². The van der Waals surface area contributed by atoms with Crippen LogP contribution in [-0.4, -0.2) is 37.5 Å². The first kappa shape index (κ1) is 20.2. The summed E-state index contributed by atoms with van der Waals surface area (Å²) in [7, 11) is 2.14. The lowest BCUT2D eigenvalue weighted by Crippen LogP contribution is -2.36. The van der Waals surface area contributed by atoms with Crippen LogP contribution >= 0.6 is 24.0 Å². The van der Waals surface area contributed by atoms with Crippen LogP contribution in [0.3, 0.4) is 0 Å². The van der Waals surface area contributed by atoms with E-state index in [0.29, 0.717) is 6.54 Å². The van der Waals surface area contributed by atoms with Crippen molar-refractivity contribution in [3.8, 4) is 0 Å². The Morgan fingerprint density at radius 3 is 2.29 bits per heavy atom. The molecule has 4 nitrogen and oxygen atoms in total. The number of aliphatic imine (C=N–C) groups is 1. The lowest BCUT2D eigenvalue weighted by Gasteiger charge is -2.14. The van der Waals surface area contributed by atoms with Crippen LogP contribution in [0.4, 0.5) is 0 Å².